The largest absolute Gasteiger partial charge is 0.431 e. The van der Waals surface area contributed by atoms with Crippen LogP contribution in [0.4, 0.5) is 14.5 Å². The third-order valence-corrected chi connectivity index (χ3v) is 7.57. The Hall–Kier alpha value is -3.33. The van der Waals surface area contributed by atoms with E-state index in [0.29, 0.717) is 25.8 Å². The summed E-state index contributed by atoms with van der Waals surface area (Å²) < 4.78 is 59.7. The molecule has 0 aromatic heterocycles. The molecule has 2 saturated heterocycles. The second-order valence-corrected chi connectivity index (χ2v) is 10.3. The van der Waals surface area contributed by atoms with Gasteiger partial charge in [-0.3, -0.25) is 19.2 Å². The third kappa shape index (κ3) is 6.71. The van der Waals surface area contributed by atoms with Gasteiger partial charge in [0.05, 0.1) is 5.69 Å². The number of rotatable bonds is 8. The summed E-state index contributed by atoms with van der Waals surface area (Å²) in [7, 11) is -4.84. The maximum absolute atomic E-state index is 13.3. The second kappa shape index (κ2) is 11.8. The Bertz CT molecular complexity index is 1160. The van der Waals surface area contributed by atoms with Crippen molar-refractivity contribution in [3.05, 3.63) is 18.2 Å². The molecule has 2 heterocycles. The Morgan fingerprint density at radius 2 is 1.70 bits per heavy atom. The zero-order chi connectivity index (χ0) is 27.3. The van der Waals surface area contributed by atoms with Crippen molar-refractivity contribution in [2.24, 2.45) is 5.73 Å². The number of carbonyl (C=O) groups excluding carboxylic acids is 4. The number of nitrogens with one attached hydrogen (secondary N) is 1. The molecule has 1 atom stereocenters. The van der Waals surface area contributed by atoms with E-state index in [4.69, 9.17) is 5.73 Å². The van der Waals surface area contributed by atoms with Gasteiger partial charge in [0.15, 0.2) is 11.8 Å². The van der Waals surface area contributed by atoms with Gasteiger partial charge in [-0.25, -0.2) is 8.42 Å². The molecule has 0 bridgehead atoms. The molecule has 3 rings (SSSR count). The Morgan fingerprint density at radius 3 is 2.32 bits per heavy atom. The van der Waals surface area contributed by atoms with Gasteiger partial charge in [-0.1, -0.05) is 6.07 Å². The molecule has 2 aliphatic rings. The second-order valence-electron chi connectivity index (χ2n) is 8.63. The van der Waals surface area contributed by atoms with Crippen LogP contribution in [0.1, 0.15) is 32.6 Å². The van der Waals surface area contributed by atoms with E-state index in [-0.39, 0.29) is 50.1 Å². The van der Waals surface area contributed by atoms with Gasteiger partial charge in [0.25, 0.3) is 0 Å². The number of alkyl halides is 2. The van der Waals surface area contributed by atoms with Crippen molar-refractivity contribution in [2.45, 2.75) is 50.2 Å². The number of anilines is 1. The van der Waals surface area contributed by atoms with E-state index in [1.54, 1.807) is 0 Å². The molecule has 0 spiro atoms. The lowest BCUT2D eigenvalue weighted by molar-refractivity contribution is -0.138. The van der Waals surface area contributed by atoms with Crippen LogP contribution >= 0.6 is 0 Å². The maximum atomic E-state index is 13.3. The highest BCUT2D eigenvalue weighted by Crippen LogP contribution is 2.38. The molecule has 1 aromatic rings. The summed E-state index contributed by atoms with van der Waals surface area (Å²) >= 11 is 0. The summed E-state index contributed by atoms with van der Waals surface area (Å²) in [6.07, 6.45) is 1.72. The first-order valence-corrected chi connectivity index (χ1v) is 13.1. The van der Waals surface area contributed by atoms with Gasteiger partial charge < -0.3 is 25.2 Å². The first-order chi connectivity index (χ1) is 17.4. The van der Waals surface area contributed by atoms with Crippen molar-refractivity contribution < 1.29 is 41.1 Å². The van der Waals surface area contributed by atoms with Gasteiger partial charge in [-0.2, -0.15) is 13.5 Å². The monoisotopic (exact) mass is 545 g/mol. The number of benzene rings is 1. The highest BCUT2D eigenvalue weighted by Gasteiger charge is 2.37. The molecular formula is C22H29F2N5O7S. The zero-order valence-corrected chi connectivity index (χ0v) is 21.0. The van der Waals surface area contributed by atoms with E-state index >= 15 is 0 Å². The van der Waals surface area contributed by atoms with E-state index in [1.165, 1.54) is 28.9 Å². The lowest BCUT2D eigenvalue weighted by Crippen LogP contribution is -2.55. The standard InChI is InChI=1S/C22H29F2N5O7S/c1-14(30)27-9-5-10-28(13-12-27)21(33)18(20(25)32)26-37(34,35)16-7-4-6-15(19(16)36-22(23)24)29-11-3-2-8-17(29)31/h4,6-7,18,22,26H,2-3,5,8-13H2,1H3,(H2,25,32)/t18-/m0/s1. The van der Waals surface area contributed by atoms with E-state index in [1.807, 2.05) is 4.72 Å². The van der Waals surface area contributed by atoms with Crippen molar-refractivity contribution >= 4 is 39.3 Å². The fraction of sp³-hybridized carbons (Fsp3) is 0.545. The lowest BCUT2D eigenvalue weighted by atomic mass is 10.1. The van der Waals surface area contributed by atoms with Gasteiger partial charge >= 0.3 is 6.61 Å². The number of carbonyl (C=O) groups is 4. The summed E-state index contributed by atoms with van der Waals surface area (Å²) in [5.74, 6) is -3.62. The van der Waals surface area contributed by atoms with Crippen LogP contribution in [0.3, 0.4) is 0 Å². The molecule has 0 aliphatic carbocycles. The van der Waals surface area contributed by atoms with Gasteiger partial charge in [-0.15, -0.1) is 0 Å². The lowest BCUT2D eigenvalue weighted by Gasteiger charge is -2.29. The predicted octanol–water partition coefficient (Wildman–Crippen LogP) is 0.0179. The van der Waals surface area contributed by atoms with Crippen molar-refractivity contribution in [1.82, 2.24) is 14.5 Å². The number of amides is 4. The Balaban J connectivity index is 1.93. The maximum Gasteiger partial charge on any atom is 0.387 e. The van der Waals surface area contributed by atoms with Crippen LogP contribution in [0.25, 0.3) is 0 Å². The summed E-state index contributed by atoms with van der Waals surface area (Å²) in [5.41, 5.74) is 5.17. The average Bonchev–Trinajstić information content (AvgIpc) is 3.09. The molecule has 4 amide bonds. The molecule has 0 unspecified atom stereocenters. The minimum Gasteiger partial charge on any atom is -0.431 e. The quantitative estimate of drug-likeness (QED) is 0.436. The number of hydrogen-bond acceptors (Lipinski definition) is 7. The van der Waals surface area contributed by atoms with E-state index in [0.717, 1.165) is 11.0 Å². The van der Waals surface area contributed by atoms with Crippen LogP contribution in [0.2, 0.25) is 0 Å². The van der Waals surface area contributed by atoms with E-state index in [9.17, 15) is 36.4 Å². The fourth-order valence-electron chi connectivity index (χ4n) is 4.28. The minimum absolute atomic E-state index is 0.0379. The normalized spacial score (nSPS) is 17.9. The highest BCUT2D eigenvalue weighted by atomic mass is 32.2. The van der Waals surface area contributed by atoms with Crippen LogP contribution in [-0.2, 0) is 29.2 Å². The molecule has 2 fully saturated rings. The van der Waals surface area contributed by atoms with E-state index < -0.39 is 45.1 Å². The SMILES string of the molecule is CC(=O)N1CCCN(C(=O)[C@@H](NS(=O)(=O)c2cccc(N3CCCCC3=O)c2OC(F)F)C(N)=O)CC1. The van der Waals surface area contributed by atoms with Gasteiger partial charge in [-0.05, 0) is 31.4 Å². The Labute approximate surface area is 212 Å². The number of hydrogen-bond donors (Lipinski definition) is 2. The molecule has 2 aliphatic heterocycles. The number of sulfonamides is 1. The van der Waals surface area contributed by atoms with Crippen molar-refractivity contribution in [3.63, 3.8) is 0 Å². The van der Waals surface area contributed by atoms with Gasteiger partial charge in [0.2, 0.25) is 33.7 Å². The molecule has 3 N–H and O–H groups in total. The number of halogens is 2. The molecule has 0 saturated carbocycles. The van der Waals surface area contributed by atoms with Crippen LogP contribution in [0.15, 0.2) is 23.1 Å². The molecule has 204 valence electrons. The summed E-state index contributed by atoms with van der Waals surface area (Å²) in [6.45, 7) is -1.15. The van der Waals surface area contributed by atoms with Crippen molar-refractivity contribution in [1.29, 1.82) is 0 Å². The molecule has 15 heteroatoms. The summed E-state index contributed by atoms with van der Waals surface area (Å²) in [4.78, 5) is 52.4. The van der Waals surface area contributed by atoms with Gasteiger partial charge in [0.1, 0.15) is 4.90 Å². The van der Waals surface area contributed by atoms with Crippen LogP contribution in [-0.4, -0.2) is 87.2 Å². The Morgan fingerprint density at radius 1 is 1.03 bits per heavy atom. The molecule has 1 aromatic carbocycles. The fourth-order valence-corrected chi connectivity index (χ4v) is 5.59. The van der Waals surface area contributed by atoms with E-state index in [2.05, 4.69) is 4.74 Å². The van der Waals surface area contributed by atoms with Crippen LogP contribution < -0.4 is 20.1 Å². The predicted molar refractivity (Wildman–Crippen MR) is 126 cm³/mol. The number of nitrogens with zero attached hydrogens (tertiary/aromatic N) is 3. The van der Waals surface area contributed by atoms with Crippen LogP contribution in [0.5, 0.6) is 5.75 Å². The van der Waals surface area contributed by atoms with Gasteiger partial charge in [0, 0.05) is 46.1 Å². The first kappa shape index (κ1) is 28.2. The molecule has 0 radical (unpaired) electrons. The van der Waals surface area contributed by atoms with Crippen molar-refractivity contribution in [3.8, 4) is 5.75 Å². The third-order valence-electron chi connectivity index (χ3n) is 6.13. The number of piperidine rings is 1. The summed E-state index contributed by atoms with van der Waals surface area (Å²) in [6, 6.07) is 1.41. The Kier molecular flexibility index (Phi) is 9.02. The first-order valence-electron chi connectivity index (χ1n) is 11.7. The molecule has 12 nitrogen and oxygen atoms in total. The molecule has 37 heavy (non-hydrogen) atoms. The average molecular weight is 546 g/mol. The smallest absolute Gasteiger partial charge is 0.387 e. The number of para-hydroxylation sites is 1. The highest BCUT2D eigenvalue weighted by molar-refractivity contribution is 7.89. The number of ether oxygens (including phenoxy) is 1. The number of primary amides is 1. The minimum atomic E-state index is -4.84. The number of nitrogens with two attached hydrogens (primary N) is 1. The molecular weight excluding hydrogens is 516 g/mol. The van der Waals surface area contributed by atoms with Crippen LogP contribution in [0, 0.1) is 0 Å². The van der Waals surface area contributed by atoms with Crippen molar-refractivity contribution in [2.75, 3.05) is 37.6 Å². The topological polar surface area (TPSA) is 159 Å². The summed E-state index contributed by atoms with van der Waals surface area (Å²) in [5, 5.41) is 0. The zero-order valence-electron chi connectivity index (χ0n) is 20.2.